The fourth-order valence-electron chi connectivity index (χ4n) is 1.12. The van der Waals surface area contributed by atoms with E-state index in [2.05, 4.69) is 0 Å². The minimum absolute atomic E-state index is 0.0880. The Balaban J connectivity index is 3.43. The van der Waals surface area contributed by atoms with Crippen LogP contribution in [-0.4, -0.2) is 11.6 Å². The van der Waals surface area contributed by atoms with E-state index in [4.69, 9.17) is 0 Å². The number of nitrogens with zero attached hydrogens (tertiary/aromatic N) is 1. The first-order chi connectivity index (χ1) is 6.04. The smallest absolute Gasteiger partial charge is 0.270 e. The second kappa shape index (κ2) is 3.35. The van der Waals surface area contributed by atoms with Gasteiger partial charge >= 0.3 is 0 Å². The van der Waals surface area contributed by atoms with Crippen molar-refractivity contribution in [3.63, 3.8) is 0 Å². The van der Waals surface area contributed by atoms with Crippen molar-refractivity contribution in [2.45, 2.75) is 13.8 Å². The Morgan fingerprint density at radius 3 is 2.31 bits per heavy atom. The van der Waals surface area contributed by atoms with Crippen molar-refractivity contribution in [3.05, 3.63) is 34.8 Å². The van der Waals surface area contributed by atoms with Crippen LogP contribution in [0.25, 0.3) is 0 Å². The summed E-state index contributed by atoms with van der Waals surface area (Å²) in [6, 6.07) is 2.91. The molecule has 0 fully saturated rings. The van der Waals surface area contributed by atoms with Crippen molar-refractivity contribution < 1.29 is 14.3 Å². The van der Waals surface area contributed by atoms with Crippen LogP contribution in [0.15, 0.2) is 18.3 Å². The number of aromatic nitrogens is 1. The Labute approximate surface area is 75.4 Å². The lowest BCUT2D eigenvalue weighted by Gasteiger charge is -2.03. The number of pyridine rings is 1. The number of hydrogen-bond acceptors (Lipinski definition) is 3. The molecule has 1 heterocycles. The molecular formula is C9H9NO3. The van der Waals surface area contributed by atoms with Gasteiger partial charge in [0.2, 0.25) is 5.78 Å². The highest BCUT2D eigenvalue weighted by Gasteiger charge is 2.19. The average Bonchev–Trinajstić information content (AvgIpc) is 2.02. The van der Waals surface area contributed by atoms with Gasteiger partial charge in [-0.1, -0.05) is 0 Å². The molecule has 0 bridgehead atoms. The molecule has 1 aromatic rings. The average molecular weight is 179 g/mol. The number of hydrogen-bond donors (Lipinski definition) is 0. The molecule has 0 aliphatic carbocycles. The molecule has 0 saturated heterocycles. The van der Waals surface area contributed by atoms with E-state index in [1.165, 1.54) is 32.2 Å². The van der Waals surface area contributed by atoms with E-state index in [9.17, 15) is 14.8 Å². The molecule has 0 saturated carbocycles. The standard InChI is InChI=1S/C9H9NO3/c1-6(11)8-4-3-5-10(13)9(8)7(2)12/h3-5H,1-2H3. The molecule has 68 valence electrons. The maximum Gasteiger partial charge on any atom is 0.270 e. The van der Waals surface area contributed by atoms with Crippen LogP contribution in [0.2, 0.25) is 0 Å². The summed E-state index contributed by atoms with van der Waals surface area (Å²) in [6.45, 7) is 2.58. The summed E-state index contributed by atoms with van der Waals surface area (Å²) in [5, 5.41) is 11.1. The largest absolute Gasteiger partial charge is 0.618 e. The van der Waals surface area contributed by atoms with E-state index in [0.717, 1.165) is 0 Å². The Morgan fingerprint density at radius 2 is 1.92 bits per heavy atom. The first kappa shape index (κ1) is 9.38. The second-order valence-electron chi connectivity index (χ2n) is 2.71. The Hall–Kier alpha value is -1.71. The monoisotopic (exact) mass is 179 g/mol. The molecular weight excluding hydrogens is 170 g/mol. The van der Waals surface area contributed by atoms with Gasteiger partial charge in [0.1, 0.15) is 0 Å². The summed E-state index contributed by atoms with van der Waals surface area (Å²) in [7, 11) is 0. The Kier molecular flexibility index (Phi) is 2.41. The highest BCUT2D eigenvalue weighted by Crippen LogP contribution is 2.04. The van der Waals surface area contributed by atoms with Crippen LogP contribution >= 0.6 is 0 Å². The number of carbonyl (C=O) groups is 2. The number of ketones is 2. The summed E-state index contributed by atoms with van der Waals surface area (Å²) in [5.41, 5.74) is 0.0833. The summed E-state index contributed by atoms with van der Waals surface area (Å²) >= 11 is 0. The molecule has 0 N–H and O–H groups in total. The van der Waals surface area contributed by atoms with E-state index >= 15 is 0 Å². The lowest BCUT2D eigenvalue weighted by atomic mass is 10.1. The Morgan fingerprint density at radius 1 is 1.31 bits per heavy atom. The van der Waals surface area contributed by atoms with Crippen molar-refractivity contribution >= 4 is 11.6 Å². The second-order valence-corrected chi connectivity index (χ2v) is 2.71. The highest BCUT2D eigenvalue weighted by molar-refractivity contribution is 6.04. The molecule has 13 heavy (non-hydrogen) atoms. The minimum Gasteiger partial charge on any atom is -0.618 e. The molecule has 4 nitrogen and oxygen atoms in total. The molecule has 0 radical (unpaired) electrons. The van der Waals surface area contributed by atoms with Gasteiger partial charge < -0.3 is 5.21 Å². The third-order valence-electron chi connectivity index (χ3n) is 1.67. The molecule has 0 aromatic carbocycles. The number of rotatable bonds is 2. The zero-order chi connectivity index (χ0) is 10.0. The van der Waals surface area contributed by atoms with Gasteiger partial charge in [-0.25, -0.2) is 0 Å². The summed E-state index contributed by atoms with van der Waals surface area (Å²) in [5.74, 6) is -0.684. The topological polar surface area (TPSA) is 61.1 Å². The molecule has 4 heteroatoms. The van der Waals surface area contributed by atoms with Crippen molar-refractivity contribution in [1.82, 2.24) is 0 Å². The van der Waals surface area contributed by atoms with Crippen LogP contribution in [0.3, 0.4) is 0 Å². The molecule has 0 aliphatic rings. The maximum absolute atomic E-state index is 11.1. The fraction of sp³-hybridized carbons (Fsp3) is 0.222. The fourth-order valence-corrected chi connectivity index (χ4v) is 1.12. The van der Waals surface area contributed by atoms with Crippen molar-refractivity contribution in [2.24, 2.45) is 0 Å². The van der Waals surface area contributed by atoms with Gasteiger partial charge in [-0.15, -0.1) is 0 Å². The van der Waals surface area contributed by atoms with Crippen molar-refractivity contribution in [1.29, 1.82) is 0 Å². The SMILES string of the molecule is CC(=O)c1ccc[n+]([O-])c1C(C)=O. The molecule has 1 aromatic heterocycles. The van der Waals surface area contributed by atoms with Crippen LogP contribution in [-0.2, 0) is 0 Å². The zero-order valence-electron chi connectivity index (χ0n) is 7.40. The van der Waals surface area contributed by atoms with Crippen LogP contribution in [0.1, 0.15) is 34.7 Å². The number of Topliss-reactive ketones (excluding diaryl/α,β-unsaturated/α-hetero) is 2. The zero-order valence-corrected chi connectivity index (χ0v) is 7.40. The van der Waals surface area contributed by atoms with Gasteiger partial charge in [0.25, 0.3) is 5.69 Å². The predicted molar refractivity (Wildman–Crippen MR) is 45.4 cm³/mol. The van der Waals surface area contributed by atoms with Gasteiger partial charge in [-0.2, -0.15) is 4.73 Å². The first-order valence-corrected chi connectivity index (χ1v) is 3.78. The van der Waals surface area contributed by atoms with Crippen LogP contribution in [0, 0.1) is 5.21 Å². The molecule has 0 aliphatic heterocycles. The maximum atomic E-state index is 11.1. The third-order valence-corrected chi connectivity index (χ3v) is 1.67. The summed E-state index contributed by atoms with van der Waals surface area (Å²) < 4.78 is 0.416. The first-order valence-electron chi connectivity index (χ1n) is 3.78. The van der Waals surface area contributed by atoms with Gasteiger partial charge in [-0.3, -0.25) is 9.59 Å². The van der Waals surface area contributed by atoms with Gasteiger partial charge in [0.15, 0.2) is 12.0 Å². The highest BCUT2D eigenvalue weighted by atomic mass is 16.5. The summed E-state index contributed by atoms with van der Waals surface area (Å²) in [6.07, 6.45) is 1.20. The van der Waals surface area contributed by atoms with E-state index in [-0.39, 0.29) is 17.0 Å². The third kappa shape index (κ3) is 1.72. The predicted octanol–water partition coefficient (Wildman–Crippen LogP) is 0.725. The van der Waals surface area contributed by atoms with Crippen LogP contribution in [0.5, 0.6) is 0 Å². The van der Waals surface area contributed by atoms with Crippen molar-refractivity contribution in [2.75, 3.05) is 0 Å². The lowest BCUT2D eigenvalue weighted by Crippen LogP contribution is -2.35. The lowest BCUT2D eigenvalue weighted by molar-refractivity contribution is -0.607. The minimum atomic E-state index is -0.402. The Bertz CT molecular complexity index is 371. The van der Waals surface area contributed by atoms with Crippen LogP contribution < -0.4 is 4.73 Å². The molecule has 0 atom stereocenters. The van der Waals surface area contributed by atoms with Gasteiger partial charge in [-0.05, 0) is 13.0 Å². The van der Waals surface area contributed by atoms with E-state index in [1.54, 1.807) is 0 Å². The molecule has 0 amide bonds. The van der Waals surface area contributed by atoms with Crippen LogP contribution in [0.4, 0.5) is 0 Å². The van der Waals surface area contributed by atoms with Gasteiger partial charge in [0, 0.05) is 13.0 Å². The van der Waals surface area contributed by atoms with Gasteiger partial charge in [0.05, 0.1) is 5.56 Å². The normalized spacial score (nSPS) is 9.69. The summed E-state index contributed by atoms with van der Waals surface area (Å²) in [4.78, 5) is 22.0. The van der Waals surface area contributed by atoms with E-state index in [1.807, 2.05) is 0 Å². The molecule has 1 rings (SSSR count). The quantitative estimate of drug-likeness (QED) is 0.382. The van der Waals surface area contributed by atoms with E-state index in [0.29, 0.717) is 4.73 Å². The van der Waals surface area contributed by atoms with E-state index < -0.39 is 5.78 Å². The number of carbonyl (C=O) groups excluding carboxylic acids is 2. The van der Waals surface area contributed by atoms with Crippen molar-refractivity contribution in [3.8, 4) is 0 Å². The molecule has 0 unspecified atom stereocenters. The molecule has 0 spiro atoms.